The molecule has 0 N–H and O–H groups in total. The molecule has 2 unspecified atom stereocenters. The van der Waals surface area contributed by atoms with Gasteiger partial charge in [0.25, 0.3) is 0 Å². The maximum Gasteiger partial charge on any atom is 0.158 e. The smallest absolute Gasteiger partial charge is 0.158 e. The monoisotopic (exact) mass is 152 g/mol. The first-order valence-electron chi connectivity index (χ1n) is 4.42. The summed E-state index contributed by atoms with van der Waals surface area (Å²) in [6, 6.07) is 0. The van der Waals surface area contributed by atoms with Crippen LogP contribution in [-0.2, 0) is 4.79 Å². The minimum Gasteiger partial charge on any atom is -0.295 e. The van der Waals surface area contributed by atoms with Crippen molar-refractivity contribution >= 4 is 5.78 Å². The highest BCUT2D eigenvalue weighted by Crippen LogP contribution is 2.21. The van der Waals surface area contributed by atoms with Gasteiger partial charge in [-0.1, -0.05) is 19.9 Å². The summed E-state index contributed by atoms with van der Waals surface area (Å²) < 4.78 is 0. The van der Waals surface area contributed by atoms with Crippen LogP contribution >= 0.6 is 0 Å². The highest BCUT2D eigenvalue weighted by atomic mass is 16.1. The Kier molecular flexibility index (Phi) is 2.86. The van der Waals surface area contributed by atoms with Gasteiger partial charge in [0.2, 0.25) is 0 Å². The van der Waals surface area contributed by atoms with Crippen LogP contribution in [0.2, 0.25) is 0 Å². The number of carbonyl (C=O) groups excluding carboxylic acids is 1. The van der Waals surface area contributed by atoms with E-state index in [1.807, 2.05) is 13.0 Å². The predicted octanol–water partition coefficient (Wildman–Crippen LogP) is 2.57. The lowest BCUT2D eigenvalue weighted by atomic mass is 9.86. The van der Waals surface area contributed by atoms with Gasteiger partial charge < -0.3 is 0 Å². The Balaban J connectivity index is 2.64. The second-order valence-electron chi connectivity index (χ2n) is 3.50. The minimum absolute atomic E-state index is 0.228. The molecule has 11 heavy (non-hydrogen) atoms. The summed E-state index contributed by atoms with van der Waals surface area (Å²) in [6.07, 6.45) is 7.25. The van der Waals surface area contributed by atoms with Gasteiger partial charge in [-0.05, 0) is 31.3 Å². The third-order valence-electron chi connectivity index (χ3n) is 2.61. The summed E-state index contributed by atoms with van der Waals surface area (Å²) in [5.74, 6) is 1.09. The zero-order valence-electron chi connectivity index (χ0n) is 7.34. The van der Waals surface area contributed by atoms with E-state index in [9.17, 15) is 4.79 Å². The highest BCUT2D eigenvalue weighted by Gasteiger charge is 2.18. The van der Waals surface area contributed by atoms with Crippen LogP contribution in [0, 0.1) is 11.8 Å². The first kappa shape index (κ1) is 8.51. The summed E-state index contributed by atoms with van der Waals surface area (Å²) in [5.41, 5.74) is 0. The molecule has 0 saturated carbocycles. The van der Waals surface area contributed by atoms with Crippen molar-refractivity contribution < 1.29 is 4.79 Å². The average Bonchev–Trinajstić information content (AvgIpc) is 2.00. The van der Waals surface area contributed by atoms with Gasteiger partial charge in [-0.3, -0.25) is 4.79 Å². The van der Waals surface area contributed by atoms with Crippen LogP contribution in [0.3, 0.4) is 0 Å². The molecule has 0 amide bonds. The molecule has 0 aliphatic heterocycles. The molecule has 0 fully saturated rings. The fourth-order valence-corrected chi connectivity index (χ4v) is 1.44. The molecule has 1 aliphatic rings. The predicted molar refractivity (Wildman–Crippen MR) is 46.3 cm³/mol. The van der Waals surface area contributed by atoms with Crippen molar-refractivity contribution in [2.45, 2.75) is 33.1 Å². The van der Waals surface area contributed by atoms with Gasteiger partial charge in [0.05, 0.1) is 0 Å². The van der Waals surface area contributed by atoms with Crippen LogP contribution < -0.4 is 0 Å². The zero-order valence-corrected chi connectivity index (χ0v) is 7.34. The SMILES string of the molecule is CC1CCCC=CC(=O)C1C. The molecule has 1 heteroatoms. The maximum absolute atomic E-state index is 11.3. The third-order valence-corrected chi connectivity index (χ3v) is 2.61. The van der Waals surface area contributed by atoms with Crippen LogP contribution in [0.5, 0.6) is 0 Å². The summed E-state index contributed by atoms with van der Waals surface area (Å²) >= 11 is 0. The van der Waals surface area contributed by atoms with E-state index in [1.165, 1.54) is 12.8 Å². The molecular formula is C10H16O. The second-order valence-corrected chi connectivity index (χ2v) is 3.50. The molecule has 0 heterocycles. The van der Waals surface area contributed by atoms with Crippen molar-refractivity contribution in [3.05, 3.63) is 12.2 Å². The van der Waals surface area contributed by atoms with E-state index >= 15 is 0 Å². The fourth-order valence-electron chi connectivity index (χ4n) is 1.44. The van der Waals surface area contributed by atoms with Gasteiger partial charge in [0, 0.05) is 5.92 Å². The molecule has 1 rings (SSSR count). The van der Waals surface area contributed by atoms with E-state index in [2.05, 4.69) is 6.92 Å². The number of ketones is 1. The summed E-state index contributed by atoms with van der Waals surface area (Å²) in [7, 11) is 0. The Bertz CT molecular complexity index is 170. The van der Waals surface area contributed by atoms with Gasteiger partial charge in [-0.15, -0.1) is 0 Å². The van der Waals surface area contributed by atoms with Crippen LogP contribution in [0.1, 0.15) is 33.1 Å². The quantitative estimate of drug-likeness (QED) is 0.521. The standard InChI is InChI=1S/C10H16O/c1-8-6-4-3-5-7-10(11)9(8)2/h5,7-9H,3-4,6H2,1-2H3. The first-order valence-corrected chi connectivity index (χ1v) is 4.42. The van der Waals surface area contributed by atoms with E-state index in [4.69, 9.17) is 0 Å². The molecule has 1 aliphatic carbocycles. The highest BCUT2D eigenvalue weighted by molar-refractivity contribution is 5.91. The number of hydrogen-bond acceptors (Lipinski definition) is 1. The summed E-state index contributed by atoms with van der Waals surface area (Å²) in [5, 5.41) is 0. The summed E-state index contributed by atoms with van der Waals surface area (Å²) in [6.45, 7) is 4.20. The normalized spacial score (nSPS) is 33.1. The number of allylic oxidation sites excluding steroid dienone is 2. The Labute approximate surface area is 68.5 Å². The van der Waals surface area contributed by atoms with Crippen molar-refractivity contribution in [1.82, 2.24) is 0 Å². The van der Waals surface area contributed by atoms with E-state index in [0.29, 0.717) is 11.7 Å². The van der Waals surface area contributed by atoms with E-state index < -0.39 is 0 Å². The lowest BCUT2D eigenvalue weighted by Crippen LogP contribution is -2.18. The zero-order chi connectivity index (χ0) is 8.27. The summed E-state index contributed by atoms with van der Waals surface area (Å²) in [4.78, 5) is 11.3. The molecule has 0 aromatic carbocycles. The Morgan fingerprint density at radius 3 is 2.91 bits per heavy atom. The number of rotatable bonds is 0. The van der Waals surface area contributed by atoms with Gasteiger partial charge in [-0.2, -0.15) is 0 Å². The van der Waals surface area contributed by atoms with Crippen LogP contribution in [0.15, 0.2) is 12.2 Å². The molecule has 0 saturated heterocycles. The number of hydrogen-bond donors (Lipinski definition) is 0. The maximum atomic E-state index is 11.3. The fraction of sp³-hybridized carbons (Fsp3) is 0.700. The minimum atomic E-state index is 0.228. The molecule has 62 valence electrons. The second kappa shape index (κ2) is 3.70. The van der Waals surface area contributed by atoms with E-state index in [1.54, 1.807) is 6.08 Å². The van der Waals surface area contributed by atoms with Crippen molar-refractivity contribution in [1.29, 1.82) is 0 Å². The molecule has 0 aromatic rings. The Morgan fingerprint density at radius 1 is 1.45 bits per heavy atom. The molecular weight excluding hydrogens is 136 g/mol. The van der Waals surface area contributed by atoms with E-state index in [-0.39, 0.29) is 5.92 Å². The lowest BCUT2D eigenvalue weighted by molar-refractivity contribution is -0.119. The topological polar surface area (TPSA) is 17.1 Å². The molecule has 0 spiro atoms. The molecule has 2 atom stereocenters. The lowest BCUT2D eigenvalue weighted by Gasteiger charge is -2.18. The Hall–Kier alpha value is -0.590. The van der Waals surface area contributed by atoms with Crippen LogP contribution in [0.25, 0.3) is 0 Å². The van der Waals surface area contributed by atoms with Crippen molar-refractivity contribution in [3.8, 4) is 0 Å². The van der Waals surface area contributed by atoms with Crippen molar-refractivity contribution in [2.75, 3.05) is 0 Å². The van der Waals surface area contributed by atoms with Gasteiger partial charge >= 0.3 is 0 Å². The average molecular weight is 152 g/mol. The Morgan fingerprint density at radius 2 is 2.18 bits per heavy atom. The molecule has 0 bridgehead atoms. The van der Waals surface area contributed by atoms with Crippen LogP contribution in [-0.4, -0.2) is 5.78 Å². The molecule has 1 nitrogen and oxygen atoms in total. The molecule has 0 radical (unpaired) electrons. The van der Waals surface area contributed by atoms with Gasteiger partial charge in [-0.25, -0.2) is 0 Å². The van der Waals surface area contributed by atoms with Gasteiger partial charge in [0.1, 0.15) is 0 Å². The van der Waals surface area contributed by atoms with Crippen molar-refractivity contribution in [3.63, 3.8) is 0 Å². The first-order chi connectivity index (χ1) is 5.22. The van der Waals surface area contributed by atoms with E-state index in [0.717, 1.165) is 6.42 Å². The van der Waals surface area contributed by atoms with Crippen molar-refractivity contribution in [2.24, 2.45) is 11.8 Å². The molecule has 0 aromatic heterocycles. The largest absolute Gasteiger partial charge is 0.295 e. The van der Waals surface area contributed by atoms with Crippen LogP contribution in [0.4, 0.5) is 0 Å². The number of carbonyl (C=O) groups is 1. The third kappa shape index (κ3) is 2.18. The van der Waals surface area contributed by atoms with Gasteiger partial charge in [0.15, 0.2) is 5.78 Å².